The van der Waals surface area contributed by atoms with E-state index in [1.165, 1.54) is 31.2 Å². The van der Waals surface area contributed by atoms with Crippen molar-refractivity contribution < 1.29 is 19.4 Å². The number of aryl methyl sites for hydroxylation is 1. The van der Waals surface area contributed by atoms with Crippen LogP contribution in [0.2, 0.25) is 0 Å². The second-order valence-electron chi connectivity index (χ2n) is 8.45. The summed E-state index contributed by atoms with van der Waals surface area (Å²) >= 11 is 0. The van der Waals surface area contributed by atoms with E-state index in [2.05, 4.69) is 49.9 Å². The van der Waals surface area contributed by atoms with E-state index in [-0.39, 0.29) is 19.8 Å². The fraction of sp³-hybridized carbons (Fsp3) is 0.444. The molecule has 4 nitrogen and oxygen atoms in total. The summed E-state index contributed by atoms with van der Waals surface area (Å²) in [7, 11) is 0. The minimum atomic E-state index is -0.453. The van der Waals surface area contributed by atoms with E-state index in [0.29, 0.717) is 12.3 Å². The van der Waals surface area contributed by atoms with Crippen molar-refractivity contribution in [2.75, 3.05) is 19.8 Å². The molecule has 2 aromatic rings. The number of ether oxygens (including phenoxy) is 2. The van der Waals surface area contributed by atoms with Crippen molar-refractivity contribution in [2.24, 2.45) is 5.92 Å². The third-order valence-electron chi connectivity index (χ3n) is 6.15. The van der Waals surface area contributed by atoms with E-state index < -0.39 is 5.97 Å². The molecule has 3 rings (SSSR count). The first-order valence-electron chi connectivity index (χ1n) is 11.4. The van der Waals surface area contributed by atoms with E-state index >= 15 is 0 Å². The molecule has 0 spiro atoms. The third-order valence-corrected chi connectivity index (χ3v) is 6.15. The van der Waals surface area contributed by atoms with Crippen molar-refractivity contribution in [1.29, 1.82) is 0 Å². The van der Waals surface area contributed by atoms with Crippen LogP contribution in [0.5, 0.6) is 5.75 Å². The van der Waals surface area contributed by atoms with Gasteiger partial charge in [-0.2, -0.15) is 0 Å². The highest BCUT2D eigenvalue weighted by Gasteiger charge is 2.19. The molecule has 0 amide bonds. The van der Waals surface area contributed by atoms with Crippen molar-refractivity contribution in [3.05, 3.63) is 66.2 Å². The topological polar surface area (TPSA) is 55.8 Å². The average molecular weight is 423 g/mol. The van der Waals surface area contributed by atoms with Gasteiger partial charge in [0, 0.05) is 12.7 Å². The number of hydrogen-bond acceptors (Lipinski definition) is 4. The summed E-state index contributed by atoms with van der Waals surface area (Å²) in [5.41, 5.74) is 4.73. The van der Waals surface area contributed by atoms with Crippen LogP contribution in [0, 0.1) is 5.92 Å². The van der Waals surface area contributed by atoms with Gasteiger partial charge in [0.15, 0.2) is 0 Å². The maximum atomic E-state index is 11.2. The molecule has 0 heterocycles. The molecule has 0 radical (unpaired) electrons. The SMILES string of the molecule is C=CC(=O)OCCOc1cc(-c2ccc(C3CCC(C)CC3)cc2)ccc1CCCO. The summed E-state index contributed by atoms with van der Waals surface area (Å²) in [5, 5.41) is 9.19. The molecule has 0 saturated heterocycles. The van der Waals surface area contributed by atoms with Gasteiger partial charge in [-0.25, -0.2) is 4.79 Å². The van der Waals surface area contributed by atoms with Crippen LogP contribution in [-0.2, 0) is 16.0 Å². The predicted molar refractivity (Wildman–Crippen MR) is 124 cm³/mol. The average Bonchev–Trinajstić information content (AvgIpc) is 2.81. The molecule has 0 aromatic heterocycles. The number of esters is 1. The molecule has 1 aliphatic carbocycles. The standard InChI is InChI=1S/C27H34O4/c1-3-27(29)31-18-17-30-26-19-25(15-14-24(26)5-4-16-28)23-12-10-22(11-13-23)21-8-6-20(2)7-9-21/h3,10-15,19-21,28H,1,4-9,16-18H2,2H3. The van der Waals surface area contributed by atoms with Crippen molar-refractivity contribution in [1.82, 2.24) is 0 Å². The Kier molecular flexibility index (Phi) is 8.72. The molecule has 4 heteroatoms. The van der Waals surface area contributed by atoms with Gasteiger partial charge in [0.05, 0.1) is 0 Å². The van der Waals surface area contributed by atoms with Crippen LogP contribution in [0.3, 0.4) is 0 Å². The zero-order chi connectivity index (χ0) is 22.1. The molecule has 1 fully saturated rings. The predicted octanol–water partition coefficient (Wildman–Crippen LogP) is 5.68. The van der Waals surface area contributed by atoms with Gasteiger partial charge in [-0.15, -0.1) is 0 Å². The van der Waals surface area contributed by atoms with Crippen LogP contribution in [0.25, 0.3) is 11.1 Å². The number of aliphatic hydroxyl groups is 1. The van der Waals surface area contributed by atoms with Crippen molar-refractivity contribution in [3.8, 4) is 16.9 Å². The van der Waals surface area contributed by atoms with Crippen molar-refractivity contribution in [2.45, 2.75) is 51.4 Å². The Labute approximate surface area is 185 Å². The lowest BCUT2D eigenvalue weighted by atomic mass is 9.79. The number of benzene rings is 2. The van der Waals surface area contributed by atoms with Gasteiger partial charge in [0.1, 0.15) is 19.0 Å². The molecule has 0 unspecified atom stereocenters. The maximum absolute atomic E-state index is 11.2. The smallest absolute Gasteiger partial charge is 0.330 e. The van der Waals surface area contributed by atoms with E-state index in [0.717, 1.165) is 40.9 Å². The van der Waals surface area contributed by atoms with Crippen LogP contribution in [-0.4, -0.2) is 30.9 Å². The quantitative estimate of drug-likeness (QED) is 0.304. The molecule has 0 atom stereocenters. The van der Waals surface area contributed by atoms with E-state index in [1.807, 2.05) is 6.07 Å². The van der Waals surface area contributed by atoms with Crippen LogP contribution >= 0.6 is 0 Å². The fourth-order valence-corrected chi connectivity index (χ4v) is 4.24. The first-order chi connectivity index (χ1) is 15.1. The Morgan fingerprint density at radius 3 is 2.45 bits per heavy atom. The van der Waals surface area contributed by atoms with Crippen molar-refractivity contribution in [3.63, 3.8) is 0 Å². The number of carbonyl (C=O) groups is 1. The second-order valence-corrected chi connectivity index (χ2v) is 8.45. The second kappa shape index (κ2) is 11.7. The lowest BCUT2D eigenvalue weighted by molar-refractivity contribution is -0.138. The van der Waals surface area contributed by atoms with Crippen LogP contribution in [0.15, 0.2) is 55.1 Å². The van der Waals surface area contributed by atoms with Gasteiger partial charge in [0.25, 0.3) is 0 Å². The van der Waals surface area contributed by atoms with Gasteiger partial charge in [-0.05, 0) is 65.8 Å². The summed E-state index contributed by atoms with van der Waals surface area (Å²) < 4.78 is 10.9. The largest absolute Gasteiger partial charge is 0.490 e. The molecule has 0 aliphatic heterocycles. The van der Waals surface area contributed by atoms with Gasteiger partial charge in [0.2, 0.25) is 0 Å². The highest BCUT2D eigenvalue weighted by atomic mass is 16.6. The summed E-state index contributed by atoms with van der Waals surface area (Å²) in [5.74, 6) is 1.86. The first-order valence-corrected chi connectivity index (χ1v) is 11.4. The molecule has 31 heavy (non-hydrogen) atoms. The molecule has 166 valence electrons. The van der Waals surface area contributed by atoms with Gasteiger partial charge < -0.3 is 14.6 Å². The number of aliphatic hydroxyl groups excluding tert-OH is 1. The summed E-state index contributed by atoms with van der Waals surface area (Å²) in [4.78, 5) is 11.2. The lowest BCUT2D eigenvalue weighted by Gasteiger charge is -2.26. The maximum Gasteiger partial charge on any atom is 0.330 e. The monoisotopic (exact) mass is 422 g/mol. The Bertz CT molecular complexity index is 848. The molecule has 2 aromatic carbocycles. The highest BCUT2D eigenvalue weighted by molar-refractivity contribution is 5.81. The first kappa shape index (κ1) is 23.1. The van der Waals surface area contributed by atoms with E-state index in [1.54, 1.807) is 0 Å². The van der Waals surface area contributed by atoms with Crippen LogP contribution in [0.1, 0.15) is 56.1 Å². The zero-order valence-electron chi connectivity index (χ0n) is 18.5. The highest BCUT2D eigenvalue weighted by Crippen LogP contribution is 2.36. The normalized spacial score (nSPS) is 18.4. The Balaban J connectivity index is 1.71. The number of rotatable bonds is 10. The van der Waals surface area contributed by atoms with Crippen molar-refractivity contribution >= 4 is 5.97 Å². The van der Waals surface area contributed by atoms with Gasteiger partial charge in [-0.1, -0.05) is 62.7 Å². The summed E-state index contributed by atoms with van der Waals surface area (Å²) in [6.07, 6.45) is 7.77. The molecule has 1 N–H and O–H groups in total. The minimum absolute atomic E-state index is 0.138. The molecule has 1 aliphatic rings. The van der Waals surface area contributed by atoms with Crippen LogP contribution in [0.4, 0.5) is 0 Å². The molecular weight excluding hydrogens is 388 g/mol. The molecule has 0 bridgehead atoms. The fourth-order valence-electron chi connectivity index (χ4n) is 4.24. The number of hydrogen-bond donors (Lipinski definition) is 1. The van der Waals surface area contributed by atoms with E-state index in [4.69, 9.17) is 9.47 Å². The Morgan fingerprint density at radius 2 is 1.77 bits per heavy atom. The Hall–Kier alpha value is -2.59. The summed E-state index contributed by atoms with van der Waals surface area (Å²) in [6, 6.07) is 15.1. The molecular formula is C27H34O4. The Morgan fingerprint density at radius 1 is 1.06 bits per heavy atom. The zero-order valence-corrected chi connectivity index (χ0v) is 18.5. The third kappa shape index (κ3) is 6.70. The van der Waals surface area contributed by atoms with Gasteiger partial charge in [-0.3, -0.25) is 0 Å². The van der Waals surface area contributed by atoms with Crippen LogP contribution < -0.4 is 4.74 Å². The summed E-state index contributed by atoms with van der Waals surface area (Å²) in [6.45, 7) is 6.32. The number of carbonyl (C=O) groups excluding carboxylic acids is 1. The minimum Gasteiger partial charge on any atom is -0.490 e. The lowest BCUT2D eigenvalue weighted by Crippen LogP contribution is -2.11. The molecule has 1 saturated carbocycles. The van der Waals surface area contributed by atoms with Gasteiger partial charge >= 0.3 is 5.97 Å². The van der Waals surface area contributed by atoms with E-state index in [9.17, 15) is 9.90 Å².